The number of likely N-dealkylation sites (tertiary alicyclic amines) is 1. The molecule has 5 unspecified atom stereocenters. The molecule has 3 amide bonds. The molecular weight excluding hydrogens is 569 g/mol. The van der Waals surface area contributed by atoms with Gasteiger partial charge >= 0.3 is 0 Å². The van der Waals surface area contributed by atoms with Crippen LogP contribution in [0.1, 0.15) is 75.5 Å². The fourth-order valence-electron chi connectivity index (χ4n) is 6.02. The van der Waals surface area contributed by atoms with Gasteiger partial charge in [0, 0.05) is 35.5 Å². The van der Waals surface area contributed by atoms with E-state index in [0.717, 1.165) is 51.4 Å². The van der Waals surface area contributed by atoms with Crippen LogP contribution in [0.15, 0.2) is 24.3 Å². The Balaban J connectivity index is 1.53. The minimum atomic E-state index is -0.604. The average molecular weight is 610 g/mol. The Kier molecular flexibility index (Phi) is 9.63. The predicted octanol–water partition coefficient (Wildman–Crippen LogP) is 2.76. The molecule has 36 heavy (non-hydrogen) atoms. The van der Waals surface area contributed by atoms with Gasteiger partial charge in [0.25, 0.3) is 0 Å². The van der Waals surface area contributed by atoms with Gasteiger partial charge in [-0.15, -0.1) is 0 Å². The first-order valence-corrected chi connectivity index (χ1v) is 14.5. The average Bonchev–Trinajstić information content (AvgIpc) is 3.36. The van der Waals surface area contributed by atoms with Crippen LogP contribution >= 0.6 is 22.9 Å². The maximum Gasteiger partial charge on any atom is 0.246 e. The maximum absolute atomic E-state index is 14.0. The van der Waals surface area contributed by atoms with Gasteiger partial charge in [0.2, 0.25) is 17.7 Å². The molecule has 1 aromatic carbocycles. The molecule has 4 N–H and O–H groups in total. The van der Waals surface area contributed by atoms with Crippen molar-refractivity contribution in [3.05, 3.63) is 35.4 Å². The molecule has 1 aromatic rings. The van der Waals surface area contributed by atoms with Crippen LogP contribution in [-0.2, 0) is 20.8 Å². The monoisotopic (exact) mass is 609 g/mol. The Morgan fingerprint density at radius 1 is 1.06 bits per heavy atom. The molecule has 9 heteroatoms. The van der Waals surface area contributed by atoms with E-state index in [-0.39, 0.29) is 35.7 Å². The summed E-state index contributed by atoms with van der Waals surface area (Å²) in [5.41, 5.74) is 2.48. The molecule has 1 saturated heterocycles. The van der Waals surface area contributed by atoms with Crippen molar-refractivity contribution in [2.24, 2.45) is 5.92 Å². The molecule has 2 fully saturated rings. The first-order valence-electron chi connectivity index (χ1n) is 13.4. The highest BCUT2D eigenvalue weighted by atomic mass is 127. The molecule has 5 atom stereocenters. The number of nitrogens with zero attached hydrogens (tertiary/aromatic N) is 1. The van der Waals surface area contributed by atoms with Crippen LogP contribution in [0.25, 0.3) is 0 Å². The number of carbonyl (C=O) groups excluding carboxylic acids is 3. The summed E-state index contributed by atoms with van der Waals surface area (Å²) in [6.07, 6.45) is 8.66. The number of fused-ring (bicyclic) bond motifs is 1. The predicted molar refractivity (Wildman–Crippen MR) is 148 cm³/mol. The number of aryl methyl sites for hydroxylation is 1. The first kappa shape index (κ1) is 27.3. The van der Waals surface area contributed by atoms with E-state index in [1.807, 2.05) is 12.1 Å². The van der Waals surface area contributed by atoms with E-state index in [9.17, 15) is 14.4 Å². The van der Waals surface area contributed by atoms with E-state index < -0.39 is 18.1 Å². The molecule has 8 nitrogen and oxygen atoms in total. The van der Waals surface area contributed by atoms with Crippen LogP contribution < -0.4 is 19.5 Å². The Bertz CT molecular complexity index is 938. The number of amides is 3. The minimum Gasteiger partial charge on any atom is -0.347 e. The van der Waals surface area contributed by atoms with E-state index >= 15 is 0 Å². The minimum absolute atomic E-state index is 0.0304. The van der Waals surface area contributed by atoms with Gasteiger partial charge in [-0.2, -0.15) is 0 Å². The Labute approximate surface area is 228 Å². The zero-order valence-electron chi connectivity index (χ0n) is 21.4. The van der Waals surface area contributed by atoms with E-state index in [0.29, 0.717) is 13.0 Å². The third kappa shape index (κ3) is 6.22. The van der Waals surface area contributed by atoms with Crippen molar-refractivity contribution < 1.29 is 14.4 Å². The van der Waals surface area contributed by atoms with Gasteiger partial charge in [-0.25, -0.2) is 0 Å². The van der Waals surface area contributed by atoms with Crippen molar-refractivity contribution in [2.45, 2.75) is 94.9 Å². The number of hydrogen-bond donors (Lipinski definition) is 4. The van der Waals surface area contributed by atoms with Gasteiger partial charge in [-0.1, -0.05) is 43.5 Å². The summed E-state index contributed by atoms with van der Waals surface area (Å²) in [5, 5.41) is 9.29. The number of carbonyl (C=O) groups is 3. The summed E-state index contributed by atoms with van der Waals surface area (Å²) in [7, 11) is 1.74. The zero-order valence-corrected chi connectivity index (χ0v) is 23.6. The highest BCUT2D eigenvalue weighted by Crippen LogP contribution is 2.32. The molecule has 3 aliphatic rings. The van der Waals surface area contributed by atoms with Gasteiger partial charge in [-0.3, -0.25) is 17.9 Å². The number of rotatable bonds is 8. The van der Waals surface area contributed by atoms with Crippen LogP contribution in [0.3, 0.4) is 0 Å². The van der Waals surface area contributed by atoms with Crippen LogP contribution in [-0.4, -0.2) is 60.4 Å². The van der Waals surface area contributed by atoms with Crippen LogP contribution in [0.2, 0.25) is 0 Å². The molecule has 2 aliphatic carbocycles. The summed E-state index contributed by atoms with van der Waals surface area (Å²) in [6, 6.07) is 6.76. The second-order valence-corrected chi connectivity index (χ2v) is 11.2. The summed E-state index contributed by atoms with van der Waals surface area (Å²) in [6.45, 7) is 2.25. The molecule has 1 aliphatic heterocycles. The highest BCUT2D eigenvalue weighted by Gasteiger charge is 2.44. The third-order valence-electron chi connectivity index (χ3n) is 8.24. The molecule has 198 valence electrons. The van der Waals surface area contributed by atoms with E-state index in [2.05, 4.69) is 54.5 Å². The zero-order chi connectivity index (χ0) is 25.7. The van der Waals surface area contributed by atoms with Crippen molar-refractivity contribution >= 4 is 40.6 Å². The molecular formula is C27H40IN5O3. The molecule has 4 rings (SSSR count). The molecule has 0 aromatic heterocycles. The normalized spacial score (nSPS) is 26.1. The van der Waals surface area contributed by atoms with E-state index in [1.54, 1.807) is 18.9 Å². The lowest BCUT2D eigenvalue weighted by molar-refractivity contribution is -0.143. The summed E-state index contributed by atoms with van der Waals surface area (Å²) < 4.78 is 3.24. The number of halogens is 1. The van der Waals surface area contributed by atoms with Gasteiger partial charge in [-0.05, 0) is 69.5 Å². The van der Waals surface area contributed by atoms with Crippen molar-refractivity contribution in [1.82, 2.24) is 24.4 Å². The largest absolute Gasteiger partial charge is 0.347 e. The Morgan fingerprint density at radius 3 is 2.53 bits per heavy atom. The smallest absolute Gasteiger partial charge is 0.246 e. The SMILES string of the molecule is CNC(C)C(=O)NC(C(=O)N1CC(NI)CC1C(=O)NC1CCCc2ccccc21)C1CCCCC1. The molecule has 1 heterocycles. The summed E-state index contributed by atoms with van der Waals surface area (Å²) in [4.78, 5) is 42.2. The molecule has 0 bridgehead atoms. The first-order chi connectivity index (χ1) is 17.4. The number of likely N-dealkylation sites (N-methyl/N-ethyl adjacent to an activating group) is 1. The molecule has 0 radical (unpaired) electrons. The van der Waals surface area contributed by atoms with E-state index in [4.69, 9.17) is 0 Å². The van der Waals surface area contributed by atoms with Crippen LogP contribution in [0.5, 0.6) is 0 Å². The lowest BCUT2D eigenvalue weighted by atomic mass is 9.83. The highest BCUT2D eigenvalue weighted by molar-refractivity contribution is 14.1. The van der Waals surface area contributed by atoms with Crippen LogP contribution in [0, 0.1) is 5.92 Å². The number of benzene rings is 1. The Morgan fingerprint density at radius 2 is 1.81 bits per heavy atom. The van der Waals surface area contributed by atoms with Crippen molar-refractivity contribution in [3.8, 4) is 0 Å². The fraction of sp³-hybridized carbons (Fsp3) is 0.667. The quantitative estimate of drug-likeness (QED) is 0.268. The van der Waals surface area contributed by atoms with Crippen molar-refractivity contribution in [3.63, 3.8) is 0 Å². The van der Waals surface area contributed by atoms with Crippen LogP contribution in [0.4, 0.5) is 0 Å². The second-order valence-electron chi connectivity index (χ2n) is 10.6. The number of nitrogens with one attached hydrogen (secondary N) is 4. The Hall–Kier alpha value is -1.72. The standard InChI is InChI=1S/C27H40IN5O3/c1-17(29-2)25(34)31-24(19-10-4-3-5-11-19)27(36)33-16-20(32-28)15-23(33)26(35)30-22-14-8-12-18-9-6-7-13-21(18)22/h6-7,9,13,17,19-20,22-24,29,32H,3-5,8,10-12,14-16H2,1-2H3,(H,30,35)(H,31,34). The summed E-state index contributed by atoms with van der Waals surface area (Å²) in [5.74, 6) is -0.308. The number of hydrogen-bond acceptors (Lipinski definition) is 5. The van der Waals surface area contributed by atoms with Gasteiger partial charge in [0.1, 0.15) is 12.1 Å². The van der Waals surface area contributed by atoms with E-state index in [1.165, 1.54) is 11.1 Å². The lowest BCUT2D eigenvalue weighted by Crippen LogP contribution is -2.58. The van der Waals surface area contributed by atoms with Crippen molar-refractivity contribution in [1.29, 1.82) is 0 Å². The summed E-state index contributed by atoms with van der Waals surface area (Å²) >= 11 is 2.11. The van der Waals surface area contributed by atoms with Gasteiger partial charge < -0.3 is 20.9 Å². The lowest BCUT2D eigenvalue weighted by Gasteiger charge is -2.35. The van der Waals surface area contributed by atoms with Gasteiger partial charge in [0.15, 0.2) is 0 Å². The van der Waals surface area contributed by atoms with Crippen molar-refractivity contribution in [2.75, 3.05) is 13.6 Å². The fourth-order valence-corrected chi connectivity index (χ4v) is 6.47. The second kappa shape index (κ2) is 12.7. The third-order valence-corrected chi connectivity index (χ3v) is 9.12. The van der Waals surface area contributed by atoms with Gasteiger partial charge in [0.05, 0.1) is 12.1 Å². The maximum atomic E-state index is 14.0. The molecule has 0 spiro atoms. The molecule has 1 saturated carbocycles. The topological polar surface area (TPSA) is 103 Å².